The van der Waals surface area contributed by atoms with Crippen molar-refractivity contribution >= 4 is 35.5 Å². The van der Waals surface area contributed by atoms with Gasteiger partial charge in [0.2, 0.25) is 0 Å². The zero-order chi connectivity index (χ0) is 15.7. The Balaban J connectivity index is 2.00. The van der Waals surface area contributed by atoms with Crippen LogP contribution in [-0.4, -0.2) is 22.4 Å². The molecule has 0 unspecified atom stereocenters. The molecule has 6 nitrogen and oxygen atoms in total. The molecule has 1 fully saturated rings. The molecule has 0 saturated carbocycles. The minimum absolute atomic E-state index is 0.131. The molecule has 2 heterocycles. The number of carbonyl (C=O) groups is 3. The summed E-state index contributed by atoms with van der Waals surface area (Å²) in [5, 5.41) is 4.68. The van der Waals surface area contributed by atoms with Crippen molar-refractivity contribution in [3.63, 3.8) is 0 Å². The van der Waals surface area contributed by atoms with E-state index in [0.717, 1.165) is 5.69 Å². The molecule has 1 aliphatic rings. The maximum atomic E-state index is 11.7. The average Bonchev–Trinajstić information content (AvgIpc) is 2.92. The van der Waals surface area contributed by atoms with Gasteiger partial charge in [0.25, 0.3) is 11.8 Å². The highest BCUT2D eigenvalue weighted by Crippen LogP contribution is 2.18. The largest absolute Gasteiger partial charge is 0.328 e. The second kappa shape index (κ2) is 5.50. The van der Waals surface area contributed by atoms with Gasteiger partial charge in [-0.25, -0.2) is 4.79 Å². The Morgan fingerprint density at radius 2 is 1.59 bits per heavy atom. The lowest BCUT2D eigenvalue weighted by atomic mass is 10.1. The van der Waals surface area contributed by atoms with Gasteiger partial charge in [0.1, 0.15) is 5.57 Å². The second-order valence-corrected chi connectivity index (χ2v) is 5.01. The first-order valence-electron chi connectivity index (χ1n) is 6.36. The number of nitrogens with zero attached hydrogens (tertiary/aromatic N) is 1. The molecule has 1 saturated heterocycles. The summed E-state index contributed by atoms with van der Waals surface area (Å²) in [6.45, 7) is 0. The number of imide groups is 2. The molecule has 1 aromatic carbocycles. The van der Waals surface area contributed by atoms with Crippen LogP contribution in [0, 0.1) is 0 Å². The topological polar surface area (TPSA) is 80.2 Å². The maximum absolute atomic E-state index is 11.7. The van der Waals surface area contributed by atoms with Gasteiger partial charge >= 0.3 is 6.03 Å². The van der Waals surface area contributed by atoms with Crippen molar-refractivity contribution < 1.29 is 14.4 Å². The molecule has 1 aromatic heterocycles. The summed E-state index contributed by atoms with van der Waals surface area (Å²) in [5.41, 5.74) is 1.32. The van der Waals surface area contributed by atoms with Crippen LogP contribution in [0.2, 0.25) is 5.02 Å². The van der Waals surface area contributed by atoms with Crippen LogP contribution in [0.25, 0.3) is 11.8 Å². The average molecular weight is 316 g/mol. The van der Waals surface area contributed by atoms with Crippen LogP contribution in [0.5, 0.6) is 0 Å². The zero-order valence-electron chi connectivity index (χ0n) is 11.2. The van der Waals surface area contributed by atoms with E-state index in [9.17, 15) is 14.4 Å². The van der Waals surface area contributed by atoms with Gasteiger partial charge in [-0.15, -0.1) is 0 Å². The van der Waals surface area contributed by atoms with E-state index < -0.39 is 17.8 Å². The molecule has 4 amide bonds. The highest BCUT2D eigenvalue weighted by atomic mass is 35.5. The van der Waals surface area contributed by atoms with Crippen molar-refractivity contribution in [3.05, 3.63) is 58.9 Å². The van der Waals surface area contributed by atoms with E-state index in [0.29, 0.717) is 10.7 Å². The van der Waals surface area contributed by atoms with Crippen LogP contribution >= 0.6 is 11.6 Å². The van der Waals surface area contributed by atoms with E-state index in [4.69, 9.17) is 11.6 Å². The monoisotopic (exact) mass is 315 g/mol. The molecule has 0 radical (unpaired) electrons. The van der Waals surface area contributed by atoms with Gasteiger partial charge in [-0.2, -0.15) is 0 Å². The summed E-state index contributed by atoms with van der Waals surface area (Å²) in [6, 6.07) is 9.83. The number of barbiturate groups is 1. The maximum Gasteiger partial charge on any atom is 0.328 e. The van der Waals surface area contributed by atoms with E-state index in [-0.39, 0.29) is 5.57 Å². The van der Waals surface area contributed by atoms with Crippen molar-refractivity contribution in [2.45, 2.75) is 0 Å². The predicted molar refractivity (Wildman–Crippen MR) is 80.4 cm³/mol. The molecule has 2 N–H and O–H groups in total. The first-order chi connectivity index (χ1) is 10.5. The molecular weight excluding hydrogens is 306 g/mol. The Bertz CT molecular complexity index is 784. The minimum atomic E-state index is -0.819. The Morgan fingerprint density at radius 1 is 0.955 bits per heavy atom. The van der Waals surface area contributed by atoms with Crippen molar-refractivity contribution in [1.29, 1.82) is 0 Å². The first-order valence-corrected chi connectivity index (χ1v) is 6.74. The number of halogens is 1. The molecule has 110 valence electrons. The molecule has 3 rings (SSSR count). The molecule has 7 heteroatoms. The number of benzene rings is 1. The molecule has 0 atom stereocenters. The summed E-state index contributed by atoms with van der Waals surface area (Å²) in [5.74, 6) is -1.45. The fourth-order valence-corrected chi connectivity index (χ4v) is 2.23. The molecule has 22 heavy (non-hydrogen) atoms. The van der Waals surface area contributed by atoms with Crippen molar-refractivity contribution in [2.24, 2.45) is 0 Å². The van der Waals surface area contributed by atoms with E-state index in [1.54, 1.807) is 35.0 Å². The molecule has 0 spiro atoms. The predicted octanol–water partition coefficient (Wildman–Crippen LogP) is 1.88. The minimum Gasteiger partial charge on any atom is -0.317 e. The van der Waals surface area contributed by atoms with Crippen molar-refractivity contribution in [1.82, 2.24) is 15.2 Å². The summed E-state index contributed by atoms with van der Waals surface area (Å²) < 4.78 is 1.79. The number of hydrogen-bond acceptors (Lipinski definition) is 3. The lowest BCUT2D eigenvalue weighted by Gasteiger charge is -2.14. The summed E-state index contributed by atoms with van der Waals surface area (Å²) in [4.78, 5) is 34.5. The van der Waals surface area contributed by atoms with Gasteiger partial charge in [-0.1, -0.05) is 11.6 Å². The van der Waals surface area contributed by atoms with Crippen molar-refractivity contribution in [3.8, 4) is 5.69 Å². The van der Waals surface area contributed by atoms with E-state index in [1.807, 2.05) is 22.8 Å². The fraction of sp³-hybridized carbons (Fsp3) is 0. The molecule has 0 bridgehead atoms. The Morgan fingerprint density at radius 3 is 2.23 bits per heavy atom. The SMILES string of the molecule is O=C1NC(=O)C(=Cc2cccn2-c2ccc(Cl)cc2)C(=O)N1. The molecule has 1 aliphatic heterocycles. The number of rotatable bonds is 2. The van der Waals surface area contributed by atoms with Gasteiger partial charge in [-0.3, -0.25) is 20.2 Å². The second-order valence-electron chi connectivity index (χ2n) is 4.57. The number of aromatic nitrogens is 1. The van der Waals surface area contributed by atoms with Crippen LogP contribution in [0.15, 0.2) is 48.2 Å². The van der Waals surface area contributed by atoms with Crippen LogP contribution in [0.4, 0.5) is 4.79 Å². The number of urea groups is 1. The zero-order valence-corrected chi connectivity index (χ0v) is 11.9. The summed E-state index contributed by atoms with van der Waals surface area (Å²) in [6.07, 6.45) is 3.21. The molecular formula is C15H10ClN3O3. The Kier molecular flexibility index (Phi) is 3.52. The lowest BCUT2D eigenvalue weighted by Crippen LogP contribution is -2.51. The van der Waals surface area contributed by atoms with Crippen LogP contribution in [-0.2, 0) is 9.59 Å². The van der Waals surface area contributed by atoms with Crippen molar-refractivity contribution in [2.75, 3.05) is 0 Å². The third-order valence-electron chi connectivity index (χ3n) is 3.12. The summed E-state index contributed by atoms with van der Waals surface area (Å²) >= 11 is 5.86. The smallest absolute Gasteiger partial charge is 0.317 e. The third-order valence-corrected chi connectivity index (χ3v) is 3.37. The van der Waals surface area contributed by atoms with Gasteiger partial charge in [-0.05, 0) is 42.5 Å². The molecule has 2 aromatic rings. The first kappa shape index (κ1) is 14.1. The Hall–Kier alpha value is -2.86. The number of hydrogen-bond donors (Lipinski definition) is 2. The number of amides is 4. The van der Waals surface area contributed by atoms with Gasteiger partial charge in [0, 0.05) is 22.6 Å². The highest BCUT2D eigenvalue weighted by Gasteiger charge is 2.27. The Labute approximate surface area is 130 Å². The van der Waals surface area contributed by atoms with Crippen LogP contribution < -0.4 is 10.6 Å². The summed E-state index contributed by atoms with van der Waals surface area (Å²) in [7, 11) is 0. The van der Waals surface area contributed by atoms with Gasteiger partial charge in [0.05, 0.1) is 0 Å². The van der Waals surface area contributed by atoms with Crippen LogP contribution in [0.1, 0.15) is 5.69 Å². The van der Waals surface area contributed by atoms with E-state index in [2.05, 4.69) is 0 Å². The lowest BCUT2D eigenvalue weighted by molar-refractivity contribution is -0.123. The van der Waals surface area contributed by atoms with Gasteiger partial charge in [0.15, 0.2) is 0 Å². The quantitative estimate of drug-likeness (QED) is 0.656. The van der Waals surface area contributed by atoms with E-state index in [1.165, 1.54) is 6.08 Å². The van der Waals surface area contributed by atoms with Crippen LogP contribution in [0.3, 0.4) is 0 Å². The standard InChI is InChI=1S/C15H10ClN3O3/c16-9-3-5-10(6-4-9)19-7-1-2-11(19)8-12-13(20)17-15(22)18-14(12)21/h1-8H,(H2,17,18,20,21,22). The fourth-order valence-electron chi connectivity index (χ4n) is 2.10. The molecule has 0 aliphatic carbocycles. The highest BCUT2D eigenvalue weighted by molar-refractivity contribution is 6.31. The number of nitrogens with one attached hydrogen (secondary N) is 2. The number of carbonyl (C=O) groups excluding carboxylic acids is 3. The van der Waals surface area contributed by atoms with Gasteiger partial charge < -0.3 is 4.57 Å². The third kappa shape index (κ3) is 2.64. The normalized spacial score (nSPS) is 14.6. The van der Waals surface area contributed by atoms with E-state index >= 15 is 0 Å².